The van der Waals surface area contributed by atoms with E-state index < -0.39 is 0 Å². The zero-order valence-electron chi connectivity index (χ0n) is 12.0. The molecule has 0 aliphatic carbocycles. The Kier molecular flexibility index (Phi) is 9.14. The van der Waals surface area contributed by atoms with Crippen molar-refractivity contribution in [1.82, 2.24) is 4.90 Å². The van der Waals surface area contributed by atoms with Gasteiger partial charge in [0, 0.05) is 20.0 Å². The molecule has 0 aliphatic rings. The minimum absolute atomic E-state index is 0.247. The monoisotopic (exact) mass is 242 g/mol. The molecule has 17 heavy (non-hydrogen) atoms. The van der Waals surface area contributed by atoms with Crippen molar-refractivity contribution in [3.8, 4) is 0 Å². The molecule has 0 saturated heterocycles. The Hall–Kier alpha value is -0.570. The number of rotatable bonds is 9. The van der Waals surface area contributed by atoms with Crippen LogP contribution < -0.4 is 5.73 Å². The minimum Gasteiger partial charge on any atom is -0.346 e. The first-order chi connectivity index (χ1) is 8.01. The van der Waals surface area contributed by atoms with Crippen molar-refractivity contribution in [2.24, 2.45) is 17.6 Å². The second-order valence-electron chi connectivity index (χ2n) is 5.46. The third-order valence-corrected chi connectivity index (χ3v) is 3.12. The number of carbonyl (C=O) groups is 1. The van der Waals surface area contributed by atoms with Crippen LogP contribution in [0.3, 0.4) is 0 Å². The molecule has 0 radical (unpaired) electrons. The first-order valence-electron chi connectivity index (χ1n) is 6.95. The van der Waals surface area contributed by atoms with Gasteiger partial charge in [-0.15, -0.1) is 0 Å². The van der Waals surface area contributed by atoms with E-state index in [9.17, 15) is 4.79 Å². The summed E-state index contributed by atoms with van der Waals surface area (Å²) in [4.78, 5) is 13.8. The van der Waals surface area contributed by atoms with Gasteiger partial charge >= 0.3 is 0 Å². The lowest BCUT2D eigenvalue weighted by atomic mass is 9.94. The van der Waals surface area contributed by atoms with Gasteiger partial charge in [0.2, 0.25) is 5.91 Å². The number of hydrogen-bond acceptors (Lipinski definition) is 2. The normalized spacial score (nSPS) is 12.8. The topological polar surface area (TPSA) is 46.3 Å². The zero-order valence-corrected chi connectivity index (χ0v) is 12.0. The van der Waals surface area contributed by atoms with E-state index in [1.54, 1.807) is 0 Å². The van der Waals surface area contributed by atoms with E-state index >= 15 is 0 Å². The van der Waals surface area contributed by atoms with Gasteiger partial charge in [0.25, 0.3) is 0 Å². The highest BCUT2D eigenvalue weighted by molar-refractivity contribution is 5.76. The van der Waals surface area contributed by atoms with E-state index in [1.807, 2.05) is 11.9 Å². The van der Waals surface area contributed by atoms with E-state index in [0.717, 1.165) is 19.4 Å². The molecule has 0 fully saturated rings. The van der Waals surface area contributed by atoms with Crippen LogP contribution in [0.25, 0.3) is 0 Å². The molecule has 0 heterocycles. The van der Waals surface area contributed by atoms with Crippen LogP contribution in [0.1, 0.15) is 52.9 Å². The van der Waals surface area contributed by atoms with E-state index in [4.69, 9.17) is 5.73 Å². The molecule has 0 aromatic heterocycles. The summed E-state index contributed by atoms with van der Waals surface area (Å²) in [5, 5.41) is 0. The van der Waals surface area contributed by atoms with Crippen molar-refractivity contribution in [2.75, 3.05) is 20.1 Å². The van der Waals surface area contributed by atoms with Gasteiger partial charge in [-0.2, -0.15) is 0 Å². The summed E-state index contributed by atoms with van der Waals surface area (Å²) >= 11 is 0. The predicted octanol–water partition coefficient (Wildman–Crippen LogP) is 2.65. The summed E-state index contributed by atoms with van der Waals surface area (Å²) in [7, 11) is 1.90. The summed E-state index contributed by atoms with van der Waals surface area (Å²) in [5.41, 5.74) is 5.72. The molecule has 1 amide bonds. The number of carbonyl (C=O) groups excluding carboxylic acids is 1. The summed E-state index contributed by atoms with van der Waals surface area (Å²) in [6, 6.07) is 0. The van der Waals surface area contributed by atoms with Crippen LogP contribution in [-0.2, 0) is 4.79 Å². The van der Waals surface area contributed by atoms with Crippen molar-refractivity contribution in [1.29, 1.82) is 0 Å². The molecule has 2 N–H and O–H groups in total. The molecular weight excluding hydrogens is 212 g/mol. The third-order valence-electron chi connectivity index (χ3n) is 3.12. The lowest BCUT2D eigenvalue weighted by Gasteiger charge is -2.21. The average molecular weight is 242 g/mol. The lowest BCUT2D eigenvalue weighted by molar-refractivity contribution is -0.131. The van der Waals surface area contributed by atoms with Gasteiger partial charge in [0.15, 0.2) is 0 Å². The van der Waals surface area contributed by atoms with Gasteiger partial charge in [0.05, 0.1) is 0 Å². The van der Waals surface area contributed by atoms with Gasteiger partial charge in [-0.3, -0.25) is 4.79 Å². The van der Waals surface area contributed by atoms with Crippen LogP contribution in [0.4, 0.5) is 0 Å². The quantitative estimate of drug-likeness (QED) is 0.632. The Labute approximate surface area is 107 Å². The largest absolute Gasteiger partial charge is 0.346 e. The Morgan fingerprint density at radius 1 is 1.29 bits per heavy atom. The average Bonchev–Trinajstić information content (AvgIpc) is 2.27. The molecule has 1 atom stereocenters. The molecule has 0 rings (SSSR count). The van der Waals surface area contributed by atoms with Crippen molar-refractivity contribution in [3.05, 3.63) is 0 Å². The van der Waals surface area contributed by atoms with Crippen molar-refractivity contribution in [3.63, 3.8) is 0 Å². The van der Waals surface area contributed by atoms with E-state index in [2.05, 4.69) is 20.8 Å². The Balaban J connectivity index is 3.94. The van der Waals surface area contributed by atoms with Crippen LogP contribution in [0.15, 0.2) is 0 Å². The van der Waals surface area contributed by atoms with Crippen LogP contribution >= 0.6 is 0 Å². The summed E-state index contributed by atoms with van der Waals surface area (Å²) in [5.74, 6) is 1.20. The van der Waals surface area contributed by atoms with Crippen LogP contribution in [0.2, 0.25) is 0 Å². The van der Waals surface area contributed by atoms with Crippen molar-refractivity contribution >= 4 is 5.91 Å². The summed E-state index contributed by atoms with van der Waals surface area (Å²) in [6.07, 6.45) is 5.16. The maximum absolute atomic E-state index is 12.0. The molecule has 0 aromatic rings. The van der Waals surface area contributed by atoms with Crippen LogP contribution in [0, 0.1) is 11.8 Å². The zero-order chi connectivity index (χ0) is 13.3. The van der Waals surface area contributed by atoms with Gasteiger partial charge in [-0.25, -0.2) is 0 Å². The number of amides is 1. The molecule has 0 aromatic carbocycles. The number of nitrogens with two attached hydrogens (primary N) is 1. The molecular formula is C14H30N2O. The second-order valence-corrected chi connectivity index (χ2v) is 5.46. The van der Waals surface area contributed by atoms with E-state index in [0.29, 0.717) is 24.8 Å². The summed E-state index contributed by atoms with van der Waals surface area (Å²) in [6.45, 7) is 8.03. The molecule has 102 valence electrons. The number of nitrogens with zero attached hydrogens (tertiary/aromatic N) is 1. The van der Waals surface area contributed by atoms with Gasteiger partial charge in [-0.05, 0) is 31.2 Å². The first kappa shape index (κ1) is 16.4. The molecule has 1 unspecified atom stereocenters. The third kappa shape index (κ3) is 8.19. The maximum Gasteiger partial charge on any atom is 0.222 e. The van der Waals surface area contributed by atoms with E-state index in [-0.39, 0.29) is 5.91 Å². The van der Waals surface area contributed by atoms with Crippen LogP contribution in [-0.4, -0.2) is 30.9 Å². The van der Waals surface area contributed by atoms with Crippen molar-refractivity contribution in [2.45, 2.75) is 52.9 Å². The number of hydrogen-bond donors (Lipinski definition) is 1. The Morgan fingerprint density at radius 3 is 2.41 bits per heavy atom. The molecule has 0 saturated carbocycles. The highest BCUT2D eigenvalue weighted by atomic mass is 16.2. The Bertz CT molecular complexity index is 204. The fourth-order valence-electron chi connectivity index (χ4n) is 2.06. The molecule has 3 nitrogen and oxygen atoms in total. The van der Waals surface area contributed by atoms with Crippen LogP contribution in [0.5, 0.6) is 0 Å². The molecule has 0 aliphatic heterocycles. The van der Waals surface area contributed by atoms with Gasteiger partial charge in [0.1, 0.15) is 0 Å². The summed E-state index contributed by atoms with van der Waals surface area (Å²) < 4.78 is 0. The lowest BCUT2D eigenvalue weighted by Crippen LogP contribution is -2.31. The fraction of sp³-hybridized carbons (Fsp3) is 0.929. The van der Waals surface area contributed by atoms with Gasteiger partial charge < -0.3 is 10.6 Å². The SMILES string of the molecule is CCCCCN(C)C(=O)CC(CN)CC(C)C. The molecule has 0 bridgehead atoms. The second kappa shape index (κ2) is 9.46. The maximum atomic E-state index is 12.0. The molecule has 0 spiro atoms. The standard InChI is InChI=1S/C14H30N2O/c1-5-6-7-8-16(4)14(17)10-13(11-15)9-12(2)3/h12-13H,5-11,15H2,1-4H3. The fourth-order valence-corrected chi connectivity index (χ4v) is 2.06. The van der Waals surface area contributed by atoms with Gasteiger partial charge in [-0.1, -0.05) is 33.6 Å². The molecule has 3 heteroatoms. The smallest absolute Gasteiger partial charge is 0.222 e. The highest BCUT2D eigenvalue weighted by Gasteiger charge is 2.16. The van der Waals surface area contributed by atoms with E-state index in [1.165, 1.54) is 12.8 Å². The Morgan fingerprint density at radius 2 is 1.94 bits per heavy atom. The predicted molar refractivity (Wildman–Crippen MR) is 73.8 cm³/mol. The first-order valence-corrected chi connectivity index (χ1v) is 6.95. The number of unbranched alkanes of at least 4 members (excludes halogenated alkanes) is 2. The highest BCUT2D eigenvalue weighted by Crippen LogP contribution is 2.15. The van der Waals surface area contributed by atoms with Crippen molar-refractivity contribution < 1.29 is 4.79 Å². The minimum atomic E-state index is 0.247.